The molecule has 0 saturated carbocycles. The van der Waals surface area contributed by atoms with Gasteiger partial charge in [0, 0.05) is 25.2 Å². The molecule has 0 spiro atoms. The maximum atomic E-state index is 12.5. The molecule has 27 heavy (non-hydrogen) atoms. The smallest absolute Gasteiger partial charge is 0.338 e. The summed E-state index contributed by atoms with van der Waals surface area (Å²) in [5.74, 6) is -0.980. The lowest BCUT2D eigenvalue weighted by Crippen LogP contribution is -2.54. The number of nitro groups is 1. The lowest BCUT2D eigenvalue weighted by Gasteiger charge is -2.38. The van der Waals surface area contributed by atoms with E-state index in [0.717, 1.165) is 0 Å². The Morgan fingerprint density at radius 2 is 2.07 bits per heavy atom. The Hall–Kier alpha value is -2.23. The first kappa shape index (κ1) is 21.1. The average Bonchev–Trinajstić information content (AvgIpc) is 2.63. The topological polar surface area (TPSA) is 122 Å². The van der Waals surface area contributed by atoms with Crippen molar-refractivity contribution in [3.8, 4) is 0 Å². The van der Waals surface area contributed by atoms with E-state index in [4.69, 9.17) is 16.3 Å². The van der Waals surface area contributed by atoms with Crippen molar-refractivity contribution >= 4 is 34.9 Å². The molecule has 2 rings (SSSR count). The van der Waals surface area contributed by atoms with Gasteiger partial charge in [-0.05, 0) is 32.8 Å². The molecule has 0 radical (unpaired) electrons. The maximum Gasteiger partial charge on any atom is 0.338 e. The number of nitro benzene ring substituents is 1. The van der Waals surface area contributed by atoms with Gasteiger partial charge in [-0.2, -0.15) is 0 Å². The number of nitrogens with zero attached hydrogens (tertiary/aromatic N) is 2. The van der Waals surface area contributed by atoms with Gasteiger partial charge in [0.1, 0.15) is 0 Å². The van der Waals surface area contributed by atoms with Crippen molar-refractivity contribution in [3.63, 3.8) is 0 Å². The molecule has 2 N–H and O–H groups in total. The Morgan fingerprint density at radius 3 is 2.59 bits per heavy atom. The number of esters is 1. The number of hydrogen-bond acceptors (Lipinski definition) is 7. The van der Waals surface area contributed by atoms with Crippen LogP contribution in [0.4, 0.5) is 11.4 Å². The second kappa shape index (κ2) is 8.64. The number of carbonyl (C=O) groups is 2. The second-order valence-electron chi connectivity index (χ2n) is 6.37. The number of ether oxygens (including phenoxy) is 1. The van der Waals surface area contributed by atoms with Crippen LogP contribution in [-0.2, 0) is 14.3 Å². The molecule has 10 heteroatoms. The van der Waals surface area contributed by atoms with E-state index in [0.29, 0.717) is 13.1 Å². The van der Waals surface area contributed by atoms with Gasteiger partial charge < -0.3 is 15.2 Å². The van der Waals surface area contributed by atoms with E-state index in [-0.39, 0.29) is 41.8 Å². The van der Waals surface area contributed by atoms with Gasteiger partial charge >= 0.3 is 5.97 Å². The first-order chi connectivity index (χ1) is 12.7. The summed E-state index contributed by atoms with van der Waals surface area (Å²) in [5.41, 5.74) is -1.41. The molecular formula is C17H22ClN3O6. The van der Waals surface area contributed by atoms with E-state index in [2.05, 4.69) is 5.32 Å². The van der Waals surface area contributed by atoms with Gasteiger partial charge in [-0.3, -0.25) is 19.8 Å². The number of hydrogen-bond donors (Lipinski definition) is 2. The summed E-state index contributed by atoms with van der Waals surface area (Å²) in [6.45, 7) is 4.25. The number of nitrogens with one attached hydrogen (secondary N) is 1. The third-order valence-corrected chi connectivity index (χ3v) is 4.94. The molecule has 0 bridgehead atoms. The summed E-state index contributed by atoms with van der Waals surface area (Å²) in [6, 6.07) is 3.26. The van der Waals surface area contributed by atoms with Crippen molar-refractivity contribution in [2.24, 2.45) is 0 Å². The number of piperidine rings is 1. The molecular weight excluding hydrogens is 378 g/mol. The van der Waals surface area contributed by atoms with Gasteiger partial charge in [0.25, 0.3) is 5.69 Å². The van der Waals surface area contributed by atoms with Crippen LogP contribution < -0.4 is 5.32 Å². The quantitative estimate of drug-likeness (QED) is 0.426. The minimum Gasteiger partial charge on any atom is -0.464 e. The number of benzene rings is 1. The molecule has 0 aromatic heterocycles. The third kappa shape index (κ3) is 4.94. The van der Waals surface area contributed by atoms with Crippen LogP contribution in [-0.4, -0.2) is 58.1 Å². The second-order valence-corrected chi connectivity index (χ2v) is 6.78. The highest BCUT2D eigenvalue weighted by atomic mass is 35.5. The van der Waals surface area contributed by atoms with Crippen molar-refractivity contribution in [1.82, 2.24) is 4.90 Å². The van der Waals surface area contributed by atoms with Gasteiger partial charge in [0.05, 0.1) is 28.3 Å². The van der Waals surface area contributed by atoms with Crippen LogP contribution in [0.25, 0.3) is 0 Å². The third-order valence-electron chi connectivity index (χ3n) is 4.63. The predicted octanol–water partition coefficient (Wildman–Crippen LogP) is 1.97. The molecule has 1 fully saturated rings. The molecule has 1 aliphatic heterocycles. The number of aliphatic hydroxyl groups is 1. The first-order valence-corrected chi connectivity index (χ1v) is 8.94. The number of rotatable bonds is 6. The Labute approximate surface area is 161 Å². The summed E-state index contributed by atoms with van der Waals surface area (Å²) in [4.78, 5) is 36.3. The molecule has 1 unspecified atom stereocenters. The van der Waals surface area contributed by atoms with Gasteiger partial charge in [-0.25, -0.2) is 4.79 Å². The van der Waals surface area contributed by atoms with E-state index in [9.17, 15) is 24.8 Å². The Balaban J connectivity index is 1.97. The zero-order valence-corrected chi connectivity index (χ0v) is 15.9. The summed E-state index contributed by atoms with van der Waals surface area (Å²) in [7, 11) is 0. The van der Waals surface area contributed by atoms with Gasteiger partial charge in [-0.1, -0.05) is 11.6 Å². The highest BCUT2D eigenvalue weighted by molar-refractivity contribution is 6.34. The number of amides is 1. The molecule has 1 aliphatic rings. The average molecular weight is 400 g/mol. The summed E-state index contributed by atoms with van der Waals surface area (Å²) >= 11 is 5.99. The summed E-state index contributed by atoms with van der Waals surface area (Å²) in [5, 5.41) is 23.8. The van der Waals surface area contributed by atoms with Gasteiger partial charge in [0.15, 0.2) is 5.60 Å². The van der Waals surface area contributed by atoms with Gasteiger partial charge in [-0.15, -0.1) is 0 Å². The highest BCUT2D eigenvalue weighted by Crippen LogP contribution is 2.28. The monoisotopic (exact) mass is 399 g/mol. The predicted molar refractivity (Wildman–Crippen MR) is 98.6 cm³/mol. The molecule has 1 aromatic carbocycles. The van der Waals surface area contributed by atoms with E-state index in [1.807, 2.05) is 4.90 Å². The van der Waals surface area contributed by atoms with Crippen molar-refractivity contribution in [1.29, 1.82) is 0 Å². The molecule has 1 aromatic rings. The van der Waals surface area contributed by atoms with E-state index >= 15 is 0 Å². The van der Waals surface area contributed by atoms with Crippen molar-refractivity contribution in [3.05, 3.63) is 33.3 Å². The fourth-order valence-electron chi connectivity index (χ4n) is 2.87. The van der Waals surface area contributed by atoms with Crippen LogP contribution in [0, 0.1) is 10.1 Å². The van der Waals surface area contributed by atoms with Crippen molar-refractivity contribution in [2.45, 2.75) is 38.3 Å². The highest BCUT2D eigenvalue weighted by Gasteiger charge is 2.42. The molecule has 1 heterocycles. The van der Waals surface area contributed by atoms with Crippen LogP contribution >= 0.6 is 11.6 Å². The lowest BCUT2D eigenvalue weighted by molar-refractivity contribution is -0.384. The molecule has 1 saturated heterocycles. The van der Waals surface area contributed by atoms with Crippen molar-refractivity contribution < 1.29 is 24.4 Å². The molecule has 1 atom stereocenters. The van der Waals surface area contributed by atoms with E-state index in [1.54, 1.807) is 13.8 Å². The Kier molecular flexibility index (Phi) is 6.74. The summed E-state index contributed by atoms with van der Waals surface area (Å²) in [6.07, 6.45) is 0.337. The van der Waals surface area contributed by atoms with Crippen molar-refractivity contribution in [2.75, 3.05) is 25.0 Å². The maximum absolute atomic E-state index is 12.5. The number of non-ortho nitro benzene ring substituents is 1. The normalized spacial score (nSPS) is 17.8. The molecule has 148 valence electrons. The van der Waals surface area contributed by atoms with Crippen LogP contribution in [0.1, 0.15) is 26.7 Å². The van der Waals surface area contributed by atoms with Crippen LogP contribution in [0.15, 0.2) is 18.2 Å². The van der Waals surface area contributed by atoms with Crippen LogP contribution in [0.3, 0.4) is 0 Å². The number of likely N-dealkylation sites (tertiary alicyclic amines) is 1. The van der Waals surface area contributed by atoms with E-state index in [1.165, 1.54) is 18.2 Å². The van der Waals surface area contributed by atoms with Crippen LogP contribution in [0.5, 0.6) is 0 Å². The number of carbonyl (C=O) groups excluding carboxylic acids is 2. The zero-order chi connectivity index (χ0) is 20.2. The standard InChI is InChI=1S/C17H22ClN3O6/c1-3-27-16(23)17(24)6-8-20(9-7-17)11(2)15(22)19-14-5-4-12(21(25)26)10-13(14)18/h4-5,10-11,24H,3,6-9H2,1-2H3,(H,19,22). The molecule has 1 amide bonds. The lowest BCUT2D eigenvalue weighted by atomic mass is 9.91. The fraction of sp³-hybridized carbons (Fsp3) is 0.529. The minimum absolute atomic E-state index is 0.0695. The summed E-state index contributed by atoms with van der Waals surface area (Å²) < 4.78 is 4.90. The minimum atomic E-state index is -1.52. The zero-order valence-electron chi connectivity index (χ0n) is 15.1. The van der Waals surface area contributed by atoms with Gasteiger partial charge in [0.2, 0.25) is 5.91 Å². The Bertz CT molecular complexity index is 733. The molecule has 0 aliphatic carbocycles. The first-order valence-electron chi connectivity index (χ1n) is 8.56. The SMILES string of the molecule is CCOC(=O)C1(O)CCN(C(C)C(=O)Nc2ccc([N+](=O)[O-])cc2Cl)CC1. The molecule has 9 nitrogen and oxygen atoms in total. The van der Waals surface area contributed by atoms with E-state index < -0.39 is 22.5 Å². The Morgan fingerprint density at radius 1 is 1.44 bits per heavy atom. The van der Waals surface area contributed by atoms with Crippen LogP contribution in [0.2, 0.25) is 5.02 Å². The number of anilines is 1. The fourth-order valence-corrected chi connectivity index (χ4v) is 3.09. The largest absolute Gasteiger partial charge is 0.464 e. The number of halogens is 1.